The monoisotopic (exact) mass is 465 g/mol. The Balaban J connectivity index is 1.11. The van der Waals surface area contributed by atoms with Crippen LogP contribution in [0.2, 0.25) is 0 Å². The van der Waals surface area contributed by atoms with Crippen molar-refractivity contribution in [2.75, 3.05) is 38.7 Å². The summed E-state index contributed by atoms with van der Waals surface area (Å²) in [6, 6.07) is 16.3. The minimum Gasteiger partial charge on any atom is -0.454 e. The Morgan fingerprint density at radius 3 is 2.55 bits per heavy atom. The summed E-state index contributed by atoms with van der Waals surface area (Å²) in [4.78, 5) is 17.2. The molecule has 5 rings (SSSR count). The quantitative estimate of drug-likeness (QED) is 0.497. The van der Waals surface area contributed by atoms with Crippen molar-refractivity contribution in [3.8, 4) is 11.5 Å². The average Bonchev–Trinajstić information content (AvgIpc) is 3.45. The first-order valence-corrected chi connectivity index (χ1v) is 12.1. The van der Waals surface area contributed by atoms with Crippen LogP contribution >= 0.6 is 11.8 Å². The summed E-state index contributed by atoms with van der Waals surface area (Å²) in [6.07, 6.45) is 0. The minimum atomic E-state index is 0.148. The zero-order chi connectivity index (χ0) is 22.6. The fourth-order valence-electron chi connectivity index (χ4n) is 4.09. The van der Waals surface area contributed by atoms with Crippen LogP contribution in [0.1, 0.15) is 17.0 Å². The van der Waals surface area contributed by atoms with Crippen molar-refractivity contribution >= 4 is 17.7 Å². The van der Waals surface area contributed by atoms with Crippen molar-refractivity contribution in [1.29, 1.82) is 0 Å². The number of nitrogens with zero attached hydrogens (tertiary/aromatic N) is 5. The van der Waals surface area contributed by atoms with Crippen molar-refractivity contribution in [2.24, 2.45) is 0 Å². The van der Waals surface area contributed by atoms with E-state index in [0.717, 1.165) is 55.2 Å². The summed E-state index contributed by atoms with van der Waals surface area (Å²) in [5.41, 5.74) is 2.38. The lowest BCUT2D eigenvalue weighted by molar-refractivity contribution is -0.130. The number of benzene rings is 2. The second-order valence-electron chi connectivity index (χ2n) is 8.23. The van der Waals surface area contributed by atoms with E-state index >= 15 is 0 Å². The zero-order valence-electron chi connectivity index (χ0n) is 18.6. The molecule has 0 atom stereocenters. The normalized spacial score (nSPS) is 15.7. The highest BCUT2D eigenvalue weighted by molar-refractivity contribution is 7.99. The van der Waals surface area contributed by atoms with E-state index < -0.39 is 0 Å². The molecule has 0 unspecified atom stereocenters. The molecule has 1 aromatic heterocycles. The molecule has 0 saturated carbocycles. The summed E-state index contributed by atoms with van der Waals surface area (Å²) >= 11 is 1.46. The van der Waals surface area contributed by atoms with Crippen LogP contribution in [0.3, 0.4) is 0 Å². The van der Waals surface area contributed by atoms with Gasteiger partial charge >= 0.3 is 0 Å². The lowest BCUT2D eigenvalue weighted by atomic mass is 10.1. The largest absolute Gasteiger partial charge is 0.454 e. The fourth-order valence-corrected chi connectivity index (χ4v) is 4.97. The van der Waals surface area contributed by atoms with E-state index in [1.807, 2.05) is 42.2 Å². The Morgan fingerprint density at radius 2 is 1.73 bits per heavy atom. The van der Waals surface area contributed by atoms with Crippen molar-refractivity contribution in [3.05, 3.63) is 65.5 Å². The molecule has 9 heteroatoms. The number of hydrogen-bond donors (Lipinski definition) is 0. The van der Waals surface area contributed by atoms with Crippen molar-refractivity contribution in [1.82, 2.24) is 24.6 Å². The van der Waals surface area contributed by atoms with Gasteiger partial charge < -0.3 is 18.9 Å². The van der Waals surface area contributed by atoms with Crippen molar-refractivity contribution < 1.29 is 14.3 Å². The van der Waals surface area contributed by atoms with Crippen LogP contribution in [-0.4, -0.2) is 69.2 Å². The Bertz CT molecular complexity index is 1110. The maximum Gasteiger partial charge on any atom is 0.233 e. The number of piperazine rings is 1. The first-order chi connectivity index (χ1) is 16.2. The molecule has 1 amide bonds. The van der Waals surface area contributed by atoms with Crippen LogP contribution in [0, 0.1) is 6.92 Å². The number of carbonyl (C=O) groups is 1. The SMILES string of the molecule is Cc1nnc(SCC(=O)N2CCN(Cc3ccc4c(c3)OCO4)CC2)n1Cc1ccccc1. The van der Waals surface area contributed by atoms with Crippen LogP contribution in [0.15, 0.2) is 53.7 Å². The fraction of sp³-hybridized carbons (Fsp3) is 0.375. The van der Waals surface area contributed by atoms with Gasteiger partial charge in [0.25, 0.3) is 0 Å². The highest BCUT2D eigenvalue weighted by Crippen LogP contribution is 2.32. The Kier molecular flexibility index (Phi) is 6.50. The number of hydrogen-bond acceptors (Lipinski definition) is 7. The van der Waals surface area contributed by atoms with E-state index in [9.17, 15) is 4.79 Å². The van der Waals surface area contributed by atoms with E-state index in [0.29, 0.717) is 19.1 Å². The number of rotatable bonds is 7. The van der Waals surface area contributed by atoms with Gasteiger partial charge in [-0.3, -0.25) is 9.69 Å². The molecule has 0 N–H and O–H groups in total. The Hall–Kier alpha value is -3.04. The molecular weight excluding hydrogens is 438 g/mol. The first kappa shape index (κ1) is 21.8. The van der Waals surface area contributed by atoms with Gasteiger partial charge in [-0.05, 0) is 30.2 Å². The number of aromatic nitrogens is 3. The van der Waals surface area contributed by atoms with E-state index in [2.05, 4.69) is 37.9 Å². The van der Waals surface area contributed by atoms with E-state index in [1.54, 1.807) is 0 Å². The lowest BCUT2D eigenvalue weighted by Gasteiger charge is -2.34. The van der Waals surface area contributed by atoms with Gasteiger partial charge in [0, 0.05) is 32.7 Å². The molecule has 0 bridgehead atoms. The molecule has 1 saturated heterocycles. The van der Waals surface area contributed by atoms with Gasteiger partial charge in [-0.1, -0.05) is 48.2 Å². The molecule has 33 heavy (non-hydrogen) atoms. The summed E-state index contributed by atoms with van der Waals surface area (Å²) in [7, 11) is 0. The van der Waals surface area contributed by atoms with Gasteiger partial charge in [0.1, 0.15) is 5.82 Å². The molecule has 1 fully saturated rings. The summed E-state index contributed by atoms with van der Waals surface area (Å²) in [5.74, 6) is 2.99. The van der Waals surface area contributed by atoms with Crippen LogP contribution in [-0.2, 0) is 17.9 Å². The third kappa shape index (κ3) is 5.15. The number of carbonyl (C=O) groups excluding carboxylic acids is 1. The molecule has 2 aliphatic rings. The number of thioether (sulfide) groups is 1. The summed E-state index contributed by atoms with van der Waals surface area (Å²) in [6.45, 7) is 6.96. The first-order valence-electron chi connectivity index (χ1n) is 11.1. The predicted molar refractivity (Wildman–Crippen MR) is 125 cm³/mol. The molecule has 0 aliphatic carbocycles. The number of aryl methyl sites for hydroxylation is 1. The van der Waals surface area contributed by atoms with Crippen molar-refractivity contribution in [2.45, 2.75) is 25.2 Å². The maximum absolute atomic E-state index is 12.8. The van der Waals surface area contributed by atoms with Gasteiger partial charge in [0.05, 0.1) is 12.3 Å². The lowest BCUT2D eigenvalue weighted by Crippen LogP contribution is -2.48. The second-order valence-corrected chi connectivity index (χ2v) is 9.18. The highest BCUT2D eigenvalue weighted by Gasteiger charge is 2.23. The Labute approximate surface area is 197 Å². The van der Waals surface area contributed by atoms with Gasteiger partial charge in [-0.15, -0.1) is 10.2 Å². The van der Waals surface area contributed by atoms with Crippen LogP contribution in [0.25, 0.3) is 0 Å². The van der Waals surface area contributed by atoms with Crippen LogP contribution in [0.5, 0.6) is 11.5 Å². The van der Waals surface area contributed by atoms with Gasteiger partial charge in [-0.2, -0.15) is 0 Å². The van der Waals surface area contributed by atoms with E-state index in [1.165, 1.54) is 22.9 Å². The highest BCUT2D eigenvalue weighted by atomic mass is 32.2. The molecule has 8 nitrogen and oxygen atoms in total. The molecule has 0 spiro atoms. The topological polar surface area (TPSA) is 72.7 Å². The summed E-state index contributed by atoms with van der Waals surface area (Å²) < 4.78 is 12.9. The molecule has 0 radical (unpaired) electrons. The predicted octanol–water partition coefficient (Wildman–Crippen LogP) is 2.80. The molecule has 172 valence electrons. The maximum atomic E-state index is 12.8. The van der Waals surface area contributed by atoms with Gasteiger partial charge in [-0.25, -0.2) is 0 Å². The standard InChI is InChI=1S/C24H27N5O3S/c1-18-25-26-24(29(18)15-19-5-3-2-4-6-19)33-16-23(30)28-11-9-27(10-12-28)14-20-7-8-21-22(13-20)32-17-31-21/h2-8,13H,9-12,14-17H2,1H3. The molecule has 3 aromatic rings. The number of fused-ring (bicyclic) bond motifs is 1. The van der Waals surface area contributed by atoms with E-state index in [4.69, 9.17) is 9.47 Å². The van der Waals surface area contributed by atoms with E-state index in [-0.39, 0.29) is 5.91 Å². The third-order valence-corrected chi connectivity index (χ3v) is 6.93. The van der Waals surface area contributed by atoms with Gasteiger partial charge in [0.2, 0.25) is 12.7 Å². The molecule has 2 aromatic carbocycles. The van der Waals surface area contributed by atoms with Crippen LogP contribution < -0.4 is 9.47 Å². The second kappa shape index (κ2) is 9.84. The molecule has 3 heterocycles. The Morgan fingerprint density at radius 1 is 0.939 bits per heavy atom. The number of amides is 1. The summed E-state index contributed by atoms with van der Waals surface area (Å²) in [5, 5.41) is 9.29. The van der Waals surface area contributed by atoms with Gasteiger partial charge in [0.15, 0.2) is 16.7 Å². The average molecular weight is 466 g/mol. The van der Waals surface area contributed by atoms with Crippen LogP contribution in [0.4, 0.5) is 0 Å². The third-order valence-electron chi connectivity index (χ3n) is 5.98. The van der Waals surface area contributed by atoms with Crippen molar-refractivity contribution in [3.63, 3.8) is 0 Å². The molecule has 2 aliphatic heterocycles. The minimum absolute atomic E-state index is 0.148. The molecular formula is C24H27N5O3S. The smallest absolute Gasteiger partial charge is 0.233 e. The zero-order valence-corrected chi connectivity index (χ0v) is 19.5. The number of ether oxygens (including phenoxy) is 2.